The van der Waals surface area contributed by atoms with E-state index < -0.39 is 0 Å². The first-order valence-corrected chi connectivity index (χ1v) is 8.29. The molecular formula is C17H23N3O4. The zero-order valence-corrected chi connectivity index (χ0v) is 14.1. The van der Waals surface area contributed by atoms with Gasteiger partial charge in [-0.1, -0.05) is 13.3 Å². The molecule has 1 aromatic carbocycles. The number of urea groups is 1. The van der Waals surface area contributed by atoms with Gasteiger partial charge >= 0.3 is 6.03 Å². The zero-order valence-electron chi connectivity index (χ0n) is 14.1. The first-order chi connectivity index (χ1) is 11.6. The lowest BCUT2D eigenvalue weighted by molar-refractivity contribution is -0.120. The van der Waals surface area contributed by atoms with Gasteiger partial charge in [0.15, 0.2) is 6.61 Å². The molecule has 1 atom stereocenters. The van der Waals surface area contributed by atoms with Crippen LogP contribution < -0.4 is 15.0 Å². The second-order valence-corrected chi connectivity index (χ2v) is 6.06. The van der Waals surface area contributed by atoms with Crippen molar-refractivity contribution in [1.82, 2.24) is 4.90 Å². The number of likely N-dealkylation sites (N-methyl/N-ethyl adjacent to an activating group) is 1. The molecule has 0 spiro atoms. The van der Waals surface area contributed by atoms with Crippen LogP contribution in [0.4, 0.5) is 16.2 Å². The maximum atomic E-state index is 12.6. The third-order valence-corrected chi connectivity index (χ3v) is 4.41. The third-order valence-electron chi connectivity index (χ3n) is 4.41. The molecular weight excluding hydrogens is 310 g/mol. The lowest BCUT2D eigenvalue weighted by atomic mass is 10.1. The topological polar surface area (TPSA) is 71.1 Å². The SMILES string of the molecule is CCCC1COCCN1C(=O)Nc1ccc2c(c1)N(C)C(=O)CO2. The number of hydrogen-bond donors (Lipinski definition) is 1. The van der Waals surface area contributed by atoms with Gasteiger partial charge in [-0.2, -0.15) is 0 Å². The number of carbonyl (C=O) groups is 2. The van der Waals surface area contributed by atoms with Gasteiger partial charge in [-0.25, -0.2) is 4.79 Å². The Morgan fingerprint density at radius 2 is 2.25 bits per heavy atom. The fraction of sp³-hybridized carbons (Fsp3) is 0.529. The van der Waals surface area contributed by atoms with Crippen LogP contribution in [0.2, 0.25) is 0 Å². The minimum absolute atomic E-state index is 0.0433. The molecule has 1 saturated heterocycles. The van der Waals surface area contributed by atoms with E-state index in [0.717, 1.165) is 12.8 Å². The van der Waals surface area contributed by atoms with Crippen LogP contribution in [0.25, 0.3) is 0 Å². The van der Waals surface area contributed by atoms with Gasteiger partial charge < -0.3 is 24.6 Å². The van der Waals surface area contributed by atoms with Gasteiger partial charge in [-0.3, -0.25) is 4.79 Å². The van der Waals surface area contributed by atoms with Crippen LogP contribution >= 0.6 is 0 Å². The van der Waals surface area contributed by atoms with E-state index in [2.05, 4.69) is 12.2 Å². The van der Waals surface area contributed by atoms with E-state index in [0.29, 0.717) is 36.9 Å². The van der Waals surface area contributed by atoms with Gasteiger partial charge in [0.2, 0.25) is 0 Å². The standard InChI is InChI=1S/C17H23N3O4/c1-3-4-13-10-23-8-7-20(13)17(22)18-12-5-6-15-14(9-12)19(2)16(21)11-24-15/h5-6,9,13H,3-4,7-8,10-11H2,1-2H3,(H,18,22). The summed E-state index contributed by atoms with van der Waals surface area (Å²) in [5, 5.41) is 2.92. The minimum Gasteiger partial charge on any atom is -0.482 e. The number of hydrogen-bond acceptors (Lipinski definition) is 4. The summed E-state index contributed by atoms with van der Waals surface area (Å²) in [4.78, 5) is 27.7. The molecule has 2 heterocycles. The van der Waals surface area contributed by atoms with Crippen molar-refractivity contribution in [3.8, 4) is 5.75 Å². The highest BCUT2D eigenvalue weighted by Gasteiger charge is 2.27. The van der Waals surface area contributed by atoms with Crippen LogP contribution in [0.3, 0.4) is 0 Å². The normalized spacial score (nSPS) is 20.4. The van der Waals surface area contributed by atoms with Gasteiger partial charge in [0.05, 0.1) is 24.9 Å². The summed E-state index contributed by atoms with van der Waals surface area (Å²) in [6, 6.07) is 5.29. The molecule has 1 unspecified atom stereocenters. The number of ether oxygens (including phenoxy) is 2. The Balaban J connectivity index is 1.73. The number of amides is 3. The molecule has 0 aliphatic carbocycles. The molecule has 3 rings (SSSR count). The maximum absolute atomic E-state index is 12.6. The second-order valence-electron chi connectivity index (χ2n) is 6.06. The first kappa shape index (κ1) is 16.6. The van der Waals surface area contributed by atoms with Gasteiger partial charge in [-0.05, 0) is 24.6 Å². The second kappa shape index (κ2) is 7.09. The zero-order chi connectivity index (χ0) is 17.1. The van der Waals surface area contributed by atoms with Crippen molar-refractivity contribution in [2.75, 3.05) is 43.6 Å². The predicted octanol–water partition coefficient (Wildman–Crippen LogP) is 2.07. The summed E-state index contributed by atoms with van der Waals surface area (Å²) in [6.07, 6.45) is 1.92. The van der Waals surface area contributed by atoms with Crippen molar-refractivity contribution in [2.45, 2.75) is 25.8 Å². The highest BCUT2D eigenvalue weighted by atomic mass is 16.5. The number of anilines is 2. The van der Waals surface area contributed by atoms with Crippen LogP contribution in [0.15, 0.2) is 18.2 Å². The average molecular weight is 333 g/mol. The number of fused-ring (bicyclic) bond motifs is 1. The van der Waals surface area contributed by atoms with E-state index in [1.807, 2.05) is 4.90 Å². The average Bonchev–Trinajstić information content (AvgIpc) is 2.59. The molecule has 2 aliphatic rings. The fourth-order valence-corrected chi connectivity index (χ4v) is 3.04. The van der Waals surface area contributed by atoms with Crippen molar-refractivity contribution in [2.24, 2.45) is 0 Å². The summed E-state index contributed by atoms with van der Waals surface area (Å²) in [7, 11) is 1.70. The summed E-state index contributed by atoms with van der Waals surface area (Å²) in [6.45, 7) is 3.87. The van der Waals surface area contributed by atoms with Crippen molar-refractivity contribution >= 4 is 23.3 Å². The van der Waals surface area contributed by atoms with Gasteiger partial charge in [0.25, 0.3) is 5.91 Å². The summed E-state index contributed by atoms with van der Waals surface area (Å²) in [5.74, 6) is 0.535. The first-order valence-electron chi connectivity index (χ1n) is 8.29. The number of morpholine rings is 1. The number of carbonyl (C=O) groups excluding carboxylic acids is 2. The largest absolute Gasteiger partial charge is 0.482 e. The molecule has 0 aromatic heterocycles. The summed E-state index contributed by atoms with van der Waals surface area (Å²) in [5.41, 5.74) is 1.31. The van der Waals surface area contributed by atoms with Crippen LogP contribution in [0, 0.1) is 0 Å². The Labute approximate surface area is 141 Å². The quantitative estimate of drug-likeness (QED) is 0.919. The maximum Gasteiger partial charge on any atom is 0.322 e. The number of nitrogens with one attached hydrogen (secondary N) is 1. The van der Waals surface area contributed by atoms with Crippen molar-refractivity contribution < 1.29 is 19.1 Å². The molecule has 130 valence electrons. The molecule has 1 fully saturated rings. The van der Waals surface area contributed by atoms with E-state index in [-0.39, 0.29) is 24.6 Å². The molecule has 0 radical (unpaired) electrons. The summed E-state index contributed by atoms with van der Waals surface area (Å²) >= 11 is 0. The third kappa shape index (κ3) is 3.31. The Hall–Kier alpha value is -2.28. The predicted molar refractivity (Wildman–Crippen MR) is 90.6 cm³/mol. The Bertz CT molecular complexity index is 632. The van der Waals surface area contributed by atoms with Crippen LogP contribution in [0.5, 0.6) is 5.75 Å². The Kier molecular flexibility index (Phi) is 4.89. The molecule has 7 nitrogen and oxygen atoms in total. The molecule has 1 aromatic rings. The Morgan fingerprint density at radius 3 is 3.04 bits per heavy atom. The lowest BCUT2D eigenvalue weighted by Crippen LogP contribution is -2.50. The van der Waals surface area contributed by atoms with Crippen molar-refractivity contribution in [3.63, 3.8) is 0 Å². The minimum atomic E-state index is -0.137. The van der Waals surface area contributed by atoms with Crippen molar-refractivity contribution in [3.05, 3.63) is 18.2 Å². The molecule has 0 saturated carbocycles. The van der Waals surface area contributed by atoms with Crippen LogP contribution in [0.1, 0.15) is 19.8 Å². The molecule has 24 heavy (non-hydrogen) atoms. The van der Waals surface area contributed by atoms with Gasteiger partial charge in [0.1, 0.15) is 5.75 Å². The van der Waals surface area contributed by atoms with Crippen molar-refractivity contribution in [1.29, 1.82) is 0 Å². The van der Waals surface area contributed by atoms with E-state index in [1.165, 1.54) is 0 Å². The smallest absolute Gasteiger partial charge is 0.322 e. The fourth-order valence-electron chi connectivity index (χ4n) is 3.04. The highest BCUT2D eigenvalue weighted by molar-refractivity contribution is 5.99. The van der Waals surface area contributed by atoms with E-state index in [1.54, 1.807) is 30.1 Å². The lowest BCUT2D eigenvalue weighted by Gasteiger charge is -2.35. The molecule has 7 heteroatoms. The van der Waals surface area contributed by atoms with E-state index >= 15 is 0 Å². The monoisotopic (exact) mass is 333 g/mol. The number of rotatable bonds is 3. The molecule has 3 amide bonds. The Morgan fingerprint density at radius 1 is 1.42 bits per heavy atom. The van der Waals surface area contributed by atoms with E-state index in [4.69, 9.17) is 9.47 Å². The highest BCUT2D eigenvalue weighted by Crippen LogP contribution is 2.33. The number of benzene rings is 1. The van der Waals surface area contributed by atoms with Gasteiger partial charge in [0, 0.05) is 19.3 Å². The molecule has 1 N–H and O–H groups in total. The van der Waals surface area contributed by atoms with Crippen LogP contribution in [-0.4, -0.2) is 56.3 Å². The number of nitrogens with zero attached hydrogens (tertiary/aromatic N) is 2. The van der Waals surface area contributed by atoms with Gasteiger partial charge in [-0.15, -0.1) is 0 Å². The van der Waals surface area contributed by atoms with E-state index in [9.17, 15) is 9.59 Å². The molecule has 0 bridgehead atoms. The van der Waals surface area contributed by atoms with Crippen LogP contribution in [-0.2, 0) is 9.53 Å². The summed E-state index contributed by atoms with van der Waals surface area (Å²) < 4.78 is 10.9. The molecule has 2 aliphatic heterocycles.